The SMILES string of the molecule is CC1=NN(c2ccccc2)C(=O)C1=Cc1cn(CCC#N)nc1-c1ccc(-c2ccccc2)cc1. The van der Waals surface area contributed by atoms with Crippen LogP contribution in [0, 0.1) is 11.3 Å². The lowest BCUT2D eigenvalue weighted by molar-refractivity contribution is -0.114. The largest absolute Gasteiger partial charge is 0.280 e. The summed E-state index contributed by atoms with van der Waals surface area (Å²) in [6.45, 7) is 2.31. The number of carbonyl (C=O) groups excluding carboxylic acids is 1. The van der Waals surface area contributed by atoms with Crippen LogP contribution in [0.3, 0.4) is 0 Å². The molecule has 1 aliphatic rings. The Balaban J connectivity index is 1.51. The Labute approximate surface area is 204 Å². The average molecular weight is 458 g/mol. The Hall–Kier alpha value is -4.76. The van der Waals surface area contributed by atoms with Gasteiger partial charge in [-0.2, -0.15) is 20.5 Å². The van der Waals surface area contributed by atoms with Crippen LogP contribution in [0.1, 0.15) is 18.9 Å². The van der Waals surface area contributed by atoms with Gasteiger partial charge in [0.05, 0.1) is 41.7 Å². The summed E-state index contributed by atoms with van der Waals surface area (Å²) in [6.07, 6.45) is 4.09. The van der Waals surface area contributed by atoms with Crippen molar-refractivity contribution in [1.82, 2.24) is 9.78 Å². The van der Waals surface area contributed by atoms with Crippen molar-refractivity contribution in [2.75, 3.05) is 5.01 Å². The summed E-state index contributed by atoms with van der Waals surface area (Å²) in [6, 6.07) is 30.0. The fourth-order valence-electron chi connectivity index (χ4n) is 4.08. The van der Waals surface area contributed by atoms with Crippen LogP contribution in [0.25, 0.3) is 28.5 Å². The molecule has 4 aromatic rings. The Morgan fingerprint density at radius 3 is 2.20 bits per heavy atom. The highest BCUT2D eigenvalue weighted by Crippen LogP contribution is 2.30. The first-order valence-corrected chi connectivity index (χ1v) is 11.4. The Morgan fingerprint density at radius 1 is 0.886 bits per heavy atom. The number of aryl methyl sites for hydroxylation is 1. The predicted octanol–water partition coefficient (Wildman–Crippen LogP) is 5.94. The maximum absolute atomic E-state index is 13.2. The fourth-order valence-corrected chi connectivity index (χ4v) is 4.08. The molecule has 6 nitrogen and oxygen atoms in total. The molecule has 0 saturated carbocycles. The number of carbonyl (C=O) groups is 1. The molecule has 0 bridgehead atoms. The van der Waals surface area contributed by atoms with Gasteiger partial charge in [0, 0.05) is 17.3 Å². The molecule has 0 spiro atoms. The molecule has 0 fully saturated rings. The second-order valence-electron chi connectivity index (χ2n) is 8.24. The molecule has 6 heteroatoms. The van der Waals surface area contributed by atoms with Crippen molar-refractivity contribution in [1.29, 1.82) is 5.26 Å². The minimum atomic E-state index is -0.177. The highest BCUT2D eigenvalue weighted by molar-refractivity contribution is 6.32. The van der Waals surface area contributed by atoms with Crippen LogP contribution in [-0.4, -0.2) is 21.4 Å². The van der Waals surface area contributed by atoms with Gasteiger partial charge in [0.1, 0.15) is 0 Å². The maximum atomic E-state index is 13.2. The third kappa shape index (κ3) is 4.53. The van der Waals surface area contributed by atoms with Gasteiger partial charge in [0.2, 0.25) is 0 Å². The summed E-state index contributed by atoms with van der Waals surface area (Å²) < 4.78 is 1.76. The number of benzene rings is 3. The zero-order valence-corrected chi connectivity index (χ0v) is 19.3. The monoisotopic (exact) mass is 457 g/mol. The maximum Gasteiger partial charge on any atom is 0.280 e. The zero-order valence-electron chi connectivity index (χ0n) is 19.3. The number of hydrogen-bond acceptors (Lipinski definition) is 4. The first kappa shape index (κ1) is 22.1. The summed E-state index contributed by atoms with van der Waals surface area (Å²) in [5.74, 6) is -0.177. The zero-order chi connectivity index (χ0) is 24.2. The first-order chi connectivity index (χ1) is 17.1. The van der Waals surface area contributed by atoms with Gasteiger partial charge in [-0.15, -0.1) is 0 Å². The number of aromatic nitrogens is 2. The van der Waals surface area contributed by atoms with E-state index in [1.165, 1.54) is 5.01 Å². The van der Waals surface area contributed by atoms with E-state index in [0.717, 1.165) is 33.6 Å². The Kier molecular flexibility index (Phi) is 6.06. The fraction of sp³-hybridized carbons (Fsp3) is 0.103. The van der Waals surface area contributed by atoms with Crippen LogP contribution in [-0.2, 0) is 11.3 Å². The van der Waals surface area contributed by atoms with Crippen LogP contribution in [0.4, 0.5) is 5.69 Å². The number of nitrogens with zero attached hydrogens (tertiary/aromatic N) is 5. The van der Waals surface area contributed by atoms with E-state index < -0.39 is 0 Å². The van der Waals surface area contributed by atoms with Crippen molar-refractivity contribution < 1.29 is 4.79 Å². The molecule has 5 rings (SSSR count). The van der Waals surface area contributed by atoms with Gasteiger partial charge >= 0.3 is 0 Å². The quantitative estimate of drug-likeness (QED) is 0.337. The molecule has 0 atom stereocenters. The first-order valence-electron chi connectivity index (χ1n) is 11.4. The van der Waals surface area contributed by atoms with E-state index in [0.29, 0.717) is 24.3 Å². The molecule has 0 unspecified atom stereocenters. The molecule has 1 aromatic heterocycles. The summed E-state index contributed by atoms with van der Waals surface area (Å²) in [5, 5.41) is 19.7. The molecule has 1 aliphatic heterocycles. The normalized spacial score (nSPS) is 14.3. The van der Waals surface area contributed by atoms with E-state index in [2.05, 4.69) is 35.4 Å². The topological polar surface area (TPSA) is 74.3 Å². The van der Waals surface area contributed by atoms with E-state index in [4.69, 9.17) is 10.4 Å². The molecule has 2 heterocycles. The van der Waals surface area contributed by atoms with Gasteiger partial charge in [0.15, 0.2) is 0 Å². The van der Waals surface area contributed by atoms with Crippen molar-refractivity contribution in [2.45, 2.75) is 19.9 Å². The lowest BCUT2D eigenvalue weighted by Gasteiger charge is -2.11. The van der Waals surface area contributed by atoms with Crippen LogP contribution >= 0.6 is 0 Å². The van der Waals surface area contributed by atoms with Gasteiger partial charge < -0.3 is 0 Å². The van der Waals surface area contributed by atoms with Gasteiger partial charge in [-0.3, -0.25) is 9.48 Å². The number of rotatable bonds is 6. The lowest BCUT2D eigenvalue weighted by Crippen LogP contribution is -2.21. The summed E-state index contributed by atoms with van der Waals surface area (Å²) in [5.41, 5.74) is 6.66. The summed E-state index contributed by atoms with van der Waals surface area (Å²) in [4.78, 5) is 13.2. The van der Waals surface area contributed by atoms with Crippen LogP contribution in [0.2, 0.25) is 0 Å². The smallest absolute Gasteiger partial charge is 0.270 e. The van der Waals surface area contributed by atoms with Gasteiger partial charge in [-0.1, -0.05) is 72.8 Å². The third-order valence-corrected chi connectivity index (χ3v) is 5.87. The third-order valence-electron chi connectivity index (χ3n) is 5.87. The van der Waals surface area contributed by atoms with Crippen molar-refractivity contribution in [2.24, 2.45) is 5.10 Å². The van der Waals surface area contributed by atoms with Crippen LogP contribution < -0.4 is 5.01 Å². The number of anilines is 1. The van der Waals surface area contributed by atoms with Crippen molar-refractivity contribution >= 4 is 23.4 Å². The number of nitriles is 1. The van der Waals surface area contributed by atoms with Crippen molar-refractivity contribution in [3.05, 3.63) is 102 Å². The lowest BCUT2D eigenvalue weighted by atomic mass is 10.0. The molecule has 0 aliphatic carbocycles. The standard InChI is InChI=1S/C29H23N5O/c1-21-27(29(35)34(31-21)26-11-6-3-7-12-26)19-25-20-33(18-8-17-30)32-28(25)24-15-13-23(14-16-24)22-9-4-2-5-10-22/h2-7,9-16,19-20H,8,18H2,1H3. The molecule has 1 amide bonds. The molecule has 3 aromatic carbocycles. The van der Waals surface area contributed by atoms with Crippen molar-refractivity contribution in [3.8, 4) is 28.5 Å². The van der Waals surface area contributed by atoms with Crippen LogP contribution in [0.15, 0.2) is 102 Å². The molecule has 0 radical (unpaired) electrons. The average Bonchev–Trinajstić information content (AvgIpc) is 3.44. The van der Waals surface area contributed by atoms with E-state index in [1.54, 1.807) is 4.68 Å². The molecular weight excluding hydrogens is 434 g/mol. The second kappa shape index (κ2) is 9.62. The van der Waals surface area contributed by atoms with E-state index in [1.807, 2.05) is 79.9 Å². The Morgan fingerprint density at radius 2 is 1.51 bits per heavy atom. The minimum absolute atomic E-state index is 0.177. The molecule has 170 valence electrons. The van der Waals surface area contributed by atoms with E-state index in [9.17, 15) is 4.79 Å². The van der Waals surface area contributed by atoms with Crippen molar-refractivity contribution in [3.63, 3.8) is 0 Å². The Bertz CT molecular complexity index is 1460. The molecule has 0 saturated heterocycles. The van der Waals surface area contributed by atoms with Crippen LogP contribution in [0.5, 0.6) is 0 Å². The second-order valence-corrected chi connectivity index (χ2v) is 8.24. The molecule has 35 heavy (non-hydrogen) atoms. The minimum Gasteiger partial charge on any atom is -0.270 e. The van der Waals surface area contributed by atoms with Gasteiger partial charge in [0.25, 0.3) is 5.91 Å². The van der Waals surface area contributed by atoms with Gasteiger partial charge in [-0.25, -0.2) is 0 Å². The number of amides is 1. The number of hydrazone groups is 1. The molecule has 0 N–H and O–H groups in total. The highest BCUT2D eigenvalue weighted by atomic mass is 16.2. The van der Waals surface area contributed by atoms with Gasteiger partial charge in [-0.05, 0) is 36.3 Å². The summed E-state index contributed by atoms with van der Waals surface area (Å²) in [7, 11) is 0. The number of para-hydroxylation sites is 1. The number of hydrogen-bond donors (Lipinski definition) is 0. The summed E-state index contributed by atoms with van der Waals surface area (Å²) >= 11 is 0. The predicted molar refractivity (Wildman–Crippen MR) is 138 cm³/mol. The van der Waals surface area contributed by atoms with E-state index in [-0.39, 0.29) is 5.91 Å². The highest BCUT2D eigenvalue weighted by Gasteiger charge is 2.29. The van der Waals surface area contributed by atoms with E-state index >= 15 is 0 Å². The molecular formula is C29H23N5O.